The van der Waals surface area contributed by atoms with Gasteiger partial charge in [0.25, 0.3) is 0 Å². The number of methoxy groups -OCH3 is 1. The van der Waals surface area contributed by atoms with Crippen LogP contribution in [0.5, 0.6) is 5.75 Å². The van der Waals surface area contributed by atoms with Crippen molar-refractivity contribution in [1.82, 2.24) is 0 Å². The van der Waals surface area contributed by atoms with Crippen molar-refractivity contribution in [2.75, 3.05) is 7.11 Å². The first-order chi connectivity index (χ1) is 13.7. The van der Waals surface area contributed by atoms with Gasteiger partial charge in [-0.1, -0.05) is 90.6 Å². The molecule has 3 heteroatoms. The van der Waals surface area contributed by atoms with E-state index in [4.69, 9.17) is 15.8 Å². The van der Waals surface area contributed by atoms with Crippen molar-refractivity contribution in [2.45, 2.75) is 77.9 Å². The van der Waals surface area contributed by atoms with E-state index < -0.39 is 7.38 Å². The summed E-state index contributed by atoms with van der Waals surface area (Å²) in [6, 6.07) is 11.2. The van der Waals surface area contributed by atoms with Crippen molar-refractivity contribution in [3.05, 3.63) is 58.2 Å². The van der Waals surface area contributed by atoms with Gasteiger partial charge in [-0.3, -0.25) is 0 Å². The Morgan fingerprint density at radius 2 is 1.47 bits per heavy atom. The molecule has 1 unspecified atom stereocenters. The number of allylic oxidation sites excluding steroid dienone is 1. The molecule has 0 saturated heterocycles. The quantitative estimate of drug-likeness (QED) is 0.343. The Morgan fingerprint density at radius 1 is 0.867 bits per heavy atom. The molecule has 1 nitrogen and oxygen atoms in total. The minimum absolute atomic E-state index is 0.0213. The molecule has 0 fully saturated rings. The lowest BCUT2D eigenvalue weighted by Gasteiger charge is -2.34. The van der Waals surface area contributed by atoms with Crippen LogP contribution in [0.1, 0.15) is 76.3 Å². The maximum Gasteiger partial charge on any atom is 0.161 e. The number of halogens is 1. The topological polar surface area (TPSA) is 9.23 Å². The number of rotatable bonds is 3. The zero-order valence-electron chi connectivity index (χ0n) is 20.3. The third-order valence-electron chi connectivity index (χ3n) is 6.14. The van der Waals surface area contributed by atoms with Gasteiger partial charge >= 0.3 is 0 Å². The SMILES string of the molecule is COc1ccc(-c2cccc3c2C=C(C)C3[Si](C)(C)Cl)c(C(C)(C)C)c1C(C)(C)C. The fraction of sp³-hybridized carbons (Fsp3) is 0.481. The molecule has 0 bridgehead atoms. The van der Waals surface area contributed by atoms with Crippen LogP contribution in [0.3, 0.4) is 0 Å². The number of benzene rings is 2. The molecule has 2 aromatic carbocycles. The molecule has 162 valence electrons. The summed E-state index contributed by atoms with van der Waals surface area (Å²) in [5.41, 5.74) is 9.74. The van der Waals surface area contributed by atoms with Gasteiger partial charge in [-0.05, 0) is 51.6 Å². The second-order valence-electron chi connectivity index (χ2n) is 11.3. The molecular weight excluding hydrogens is 404 g/mol. The summed E-state index contributed by atoms with van der Waals surface area (Å²) in [5.74, 6) is 0.975. The van der Waals surface area contributed by atoms with Crippen LogP contribution in [0.25, 0.3) is 17.2 Å². The molecule has 0 spiro atoms. The van der Waals surface area contributed by atoms with E-state index in [1.165, 1.54) is 39.0 Å². The van der Waals surface area contributed by atoms with Crippen LogP contribution in [0.4, 0.5) is 0 Å². The van der Waals surface area contributed by atoms with Crippen molar-refractivity contribution in [3.63, 3.8) is 0 Å². The van der Waals surface area contributed by atoms with Gasteiger partial charge in [0.1, 0.15) is 5.75 Å². The van der Waals surface area contributed by atoms with Gasteiger partial charge in [-0.2, -0.15) is 11.1 Å². The van der Waals surface area contributed by atoms with Crippen LogP contribution in [0, 0.1) is 0 Å². The second-order valence-corrected chi connectivity index (χ2v) is 17.9. The second kappa shape index (κ2) is 7.57. The Bertz CT molecular complexity index is 997. The standard InChI is InChI=1S/C27H37ClOSi/c1-17-16-21-18(12-11-13-20(21)25(17)30(9,10)28)19-14-15-22(29-8)24(27(5,6)7)23(19)26(2,3)4/h11-16,25H,1-10H3. The zero-order valence-corrected chi connectivity index (χ0v) is 22.1. The van der Waals surface area contributed by atoms with Crippen molar-refractivity contribution in [2.24, 2.45) is 0 Å². The highest BCUT2D eigenvalue weighted by molar-refractivity contribution is 7.20. The van der Waals surface area contributed by atoms with Crippen molar-refractivity contribution < 1.29 is 4.74 Å². The van der Waals surface area contributed by atoms with Gasteiger partial charge in [0, 0.05) is 11.1 Å². The van der Waals surface area contributed by atoms with Gasteiger partial charge in [0.05, 0.1) is 7.11 Å². The van der Waals surface area contributed by atoms with Crippen LogP contribution in [0.2, 0.25) is 13.1 Å². The van der Waals surface area contributed by atoms with Crippen molar-refractivity contribution >= 4 is 24.5 Å². The van der Waals surface area contributed by atoms with E-state index in [1.54, 1.807) is 7.11 Å². The number of fused-ring (bicyclic) bond motifs is 1. The Morgan fingerprint density at radius 3 is 1.97 bits per heavy atom. The molecule has 0 radical (unpaired) electrons. The molecule has 0 aromatic heterocycles. The summed E-state index contributed by atoms with van der Waals surface area (Å²) in [5, 5.41) is 0. The smallest absolute Gasteiger partial charge is 0.161 e. The van der Waals surface area contributed by atoms with Gasteiger partial charge in [-0.15, -0.1) is 0 Å². The highest BCUT2D eigenvalue weighted by Crippen LogP contribution is 2.50. The third kappa shape index (κ3) is 4.01. The fourth-order valence-corrected chi connectivity index (χ4v) is 8.23. The first-order valence-corrected chi connectivity index (χ1v) is 15.0. The highest BCUT2D eigenvalue weighted by atomic mass is 35.6. The van der Waals surface area contributed by atoms with Crippen LogP contribution < -0.4 is 4.74 Å². The molecule has 1 atom stereocenters. The average Bonchev–Trinajstić information content (AvgIpc) is 2.94. The minimum atomic E-state index is -1.88. The monoisotopic (exact) mass is 440 g/mol. The molecule has 0 aliphatic heterocycles. The first kappa shape index (κ1) is 23.2. The van der Waals surface area contributed by atoms with Crippen LogP contribution in [0.15, 0.2) is 35.9 Å². The molecule has 1 aliphatic rings. The van der Waals surface area contributed by atoms with Crippen LogP contribution in [-0.2, 0) is 10.8 Å². The molecule has 0 heterocycles. The Hall–Kier alpha value is -1.51. The zero-order chi connectivity index (χ0) is 22.6. The Balaban J connectivity index is 2.39. The summed E-state index contributed by atoms with van der Waals surface area (Å²) >= 11 is 6.97. The molecule has 1 aliphatic carbocycles. The van der Waals surface area contributed by atoms with E-state index in [9.17, 15) is 0 Å². The largest absolute Gasteiger partial charge is 0.496 e. The van der Waals surface area contributed by atoms with Gasteiger partial charge < -0.3 is 4.74 Å². The van der Waals surface area contributed by atoms with Gasteiger partial charge in [0.2, 0.25) is 0 Å². The normalized spacial score (nSPS) is 17.0. The van der Waals surface area contributed by atoms with Crippen LogP contribution in [-0.4, -0.2) is 14.5 Å². The molecule has 2 aromatic rings. The lowest BCUT2D eigenvalue weighted by molar-refractivity contribution is 0.392. The molecule has 0 amide bonds. The summed E-state index contributed by atoms with van der Waals surface area (Å²) in [6.07, 6.45) is 2.37. The highest BCUT2D eigenvalue weighted by Gasteiger charge is 2.38. The van der Waals surface area contributed by atoms with E-state index in [0.29, 0.717) is 5.54 Å². The third-order valence-corrected chi connectivity index (χ3v) is 8.94. The predicted octanol–water partition coefficient (Wildman–Crippen LogP) is 8.44. The molecular formula is C27H37ClOSi. The summed E-state index contributed by atoms with van der Waals surface area (Å²) < 4.78 is 5.85. The van der Waals surface area contributed by atoms with E-state index in [1.807, 2.05) is 0 Å². The Labute approximate surface area is 189 Å². The Kier molecular flexibility index (Phi) is 5.84. The van der Waals surface area contributed by atoms with Gasteiger partial charge in [0.15, 0.2) is 7.38 Å². The molecule has 0 saturated carbocycles. The van der Waals surface area contributed by atoms with E-state index in [0.717, 1.165) is 5.75 Å². The predicted molar refractivity (Wildman–Crippen MR) is 136 cm³/mol. The van der Waals surface area contributed by atoms with Crippen molar-refractivity contribution in [1.29, 1.82) is 0 Å². The van der Waals surface area contributed by atoms with Gasteiger partial charge in [-0.25, -0.2) is 0 Å². The minimum Gasteiger partial charge on any atom is -0.496 e. The fourth-order valence-electron chi connectivity index (χ4n) is 5.20. The summed E-state index contributed by atoms with van der Waals surface area (Å²) in [7, 11) is -0.106. The lowest BCUT2D eigenvalue weighted by atomic mass is 9.71. The van der Waals surface area contributed by atoms with Crippen LogP contribution >= 0.6 is 11.1 Å². The van der Waals surface area contributed by atoms with E-state index in [2.05, 4.69) is 98.0 Å². The maximum atomic E-state index is 6.97. The number of hydrogen-bond acceptors (Lipinski definition) is 1. The molecule has 0 N–H and O–H groups in total. The lowest BCUT2D eigenvalue weighted by Crippen LogP contribution is -2.28. The van der Waals surface area contributed by atoms with E-state index >= 15 is 0 Å². The number of hydrogen-bond donors (Lipinski definition) is 0. The number of ether oxygens (including phenoxy) is 1. The maximum absolute atomic E-state index is 6.97. The average molecular weight is 441 g/mol. The van der Waals surface area contributed by atoms with Crippen molar-refractivity contribution in [3.8, 4) is 16.9 Å². The van der Waals surface area contributed by atoms with E-state index in [-0.39, 0.29) is 10.8 Å². The molecule has 30 heavy (non-hydrogen) atoms. The summed E-state index contributed by atoms with van der Waals surface area (Å²) in [6.45, 7) is 20.5. The summed E-state index contributed by atoms with van der Waals surface area (Å²) in [4.78, 5) is 0. The molecule has 3 rings (SSSR count). The first-order valence-electron chi connectivity index (χ1n) is 10.9.